The van der Waals surface area contributed by atoms with Crippen molar-refractivity contribution in [1.82, 2.24) is 0 Å². The van der Waals surface area contributed by atoms with Gasteiger partial charge in [-0.1, -0.05) is 12.8 Å². The van der Waals surface area contributed by atoms with E-state index in [2.05, 4.69) is 6.92 Å². The van der Waals surface area contributed by atoms with E-state index in [0.717, 1.165) is 11.8 Å². The largest absolute Gasteiger partial charge is 0.325 e. The molecule has 2 N–H and O–H groups in total. The Bertz CT molecular complexity index is 225. The summed E-state index contributed by atoms with van der Waals surface area (Å²) < 4.78 is 0. The first kappa shape index (κ1) is 8.28. The lowest BCUT2D eigenvalue weighted by molar-refractivity contribution is 0.0677. The van der Waals surface area contributed by atoms with Gasteiger partial charge in [-0.05, 0) is 56.3 Å². The van der Waals surface area contributed by atoms with Crippen LogP contribution in [0.25, 0.3) is 0 Å². The van der Waals surface area contributed by atoms with Crippen LogP contribution in [0.1, 0.15) is 51.9 Å². The fourth-order valence-electron chi connectivity index (χ4n) is 4.83. The number of fused-ring (bicyclic) bond motifs is 3. The van der Waals surface area contributed by atoms with E-state index >= 15 is 0 Å². The molecule has 0 saturated heterocycles. The van der Waals surface area contributed by atoms with Crippen molar-refractivity contribution in [1.29, 1.82) is 0 Å². The van der Waals surface area contributed by atoms with Crippen molar-refractivity contribution in [3.8, 4) is 0 Å². The van der Waals surface area contributed by atoms with E-state index in [0.29, 0.717) is 5.41 Å². The Balaban J connectivity index is 2.02. The standard InChI is InChI=1S/C12H21N/c1-11(13)9-4-5-10(8-9)12(11)6-2-3-7-12/h9-10H,2-8,13H2,1H3/t9-,10?,11+/m1/s1. The quantitative estimate of drug-likeness (QED) is 0.608. The van der Waals surface area contributed by atoms with E-state index < -0.39 is 0 Å². The Morgan fingerprint density at radius 1 is 1.08 bits per heavy atom. The van der Waals surface area contributed by atoms with E-state index in [1.165, 1.54) is 44.9 Å². The lowest BCUT2D eigenvalue weighted by Crippen LogP contribution is -2.55. The van der Waals surface area contributed by atoms with Gasteiger partial charge in [-0.2, -0.15) is 0 Å². The van der Waals surface area contributed by atoms with Crippen LogP contribution in [-0.2, 0) is 0 Å². The topological polar surface area (TPSA) is 26.0 Å². The first-order chi connectivity index (χ1) is 6.17. The maximum atomic E-state index is 6.60. The molecule has 3 fully saturated rings. The molecule has 1 unspecified atom stereocenters. The molecule has 0 aromatic heterocycles. The third kappa shape index (κ3) is 0.782. The highest BCUT2D eigenvalue weighted by molar-refractivity contribution is 5.17. The molecule has 0 amide bonds. The highest BCUT2D eigenvalue weighted by Gasteiger charge is 2.63. The van der Waals surface area contributed by atoms with Gasteiger partial charge in [0.25, 0.3) is 0 Å². The summed E-state index contributed by atoms with van der Waals surface area (Å²) in [5, 5.41) is 0. The molecule has 1 nitrogen and oxygen atoms in total. The maximum absolute atomic E-state index is 6.60. The number of hydrogen-bond acceptors (Lipinski definition) is 1. The zero-order valence-corrected chi connectivity index (χ0v) is 8.68. The molecule has 0 heterocycles. The van der Waals surface area contributed by atoms with Crippen molar-refractivity contribution in [2.45, 2.75) is 57.4 Å². The van der Waals surface area contributed by atoms with Gasteiger partial charge >= 0.3 is 0 Å². The van der Waals surface area contributed by atoms with Crippen molar-refractivity contribution >= 4 is 0 Å². The number of nitrogens with two attached hydrogens (primary N) is 1. The summed E-state index contributed by atoms with van der Waals surface area (Å²) in [6.07, 6.45) is 10.1. The van der Waals surface area contributed by atoms with Gasteiger partial charge in [-0.25, -0.2) is 0 Å². The summed E-state index contributed by atoms with van der Waals surface area (Å²) >= 11 is 0. The van der Waals surface area contributed by atoms with E-state index in [9.17, 15) is 0 Å². The third-order valence-electron chi connectivity index (χ3n) is 5.63. The van der Waals surface area contributed by atoms with Crippen LogP contribution in [0.5, 0.6) is 0 Å². The Morgan fingerprint density at radius 3 is 2.23 bits per heavy atom. The van der Waals surface area contributed by atoms with Gasteiger partial charge in [-0.15, -0.1) is 0 Å². The van der Waals surface area contributed by atoms with Gasteiger partial charge in [0, 0.05) is 5.54 Å². The van der Waals surface area contributed by atoms with Gasteiger partial charge in [0.05, 0.1) is 0 Å². The van der Waals surface area contributed by atoms with Crippen LogP contribution in [0.2, 0.25) is 0 Å². The molecule has 3 saturated carbocycles. The van der Waals surface area contributed by atoms with Crippen molar-refractivity contribution in [3.63, 3.8) is 0 Å². The molecule has 1 spiro atoms. The lowest BCUT2D eigenvalue weighted by atomic mass is 9.61. The smallest absolute Gasteiger partial charge is 0.0214 e. The van der Waals surface area contributed by atoms with Gasteiger partial charge < -0.3 is 5.73 Å². The minimum atomic E-state index is 0.187. The minimum absolute atomic E-state index is 0.187. The molecular formula is C12H21N. The highest BCUT2D eigenvalue weighted by Crippen LogP contribution is 2.66. The van der Waals surface area contributed by atoms with Crippen LogP contribution in [0.15, 0.2) is 0 Å². The second-order valence-corrected chi connectivity index (χ2v) is 5.85. The molecule has 3 aliphatic carbocycles. The van der Waals surface area contributed by atoms with Crippen LogP contribution < -0.4 is 5.73 Å². The van der Waals surface area contributed by atoms with Crippen LogP contribution >= 0.6 is 0 Å². The van der Waals surface area contributed by atoms with Crippen LogP contribution in [0.3, 0.4) is 0 Å². The van der Waals surface area contributed by atoms with Gasteiger partial charge in [0.15, 0.2) is 0 Å². The van der Waals surface area contributed by atoms with Crippen LogP contribution in [0.4, 0.5) is 0 Å². The van der Waals surface area contributed by atoms with E-state index in [1.54, 1.807) is 0 Å². The van der Waals surface area contributed by atoms with Crippen molar-refractivity contribution in [3.05, 3.63) is 0 Å². The SMILES string of the molecule is C[C@]1(N)[C@@H]2CCC(C2)C12CCCC2. The summed E-state index contributed by atoms with van der Waals surface area (Å²) in [6, 6.07) is 0. The lowest BCUT2D eigenvalue weighted by Gasteiger charge is -2.47. The van der Waals surface area contributed by atoms with Gasteiger partial charge in [0.2, 0.25) is 0 Å². The Labute approximate surface area is 81.1 Å². The van der Waals surface area contributed by atoms with Crippen LogP contribution in [0, 0.1) is 17.3 Å². The Hall–Kier alpha value is -0.0400. The van der Waals surface area contributed by atoms with Crippen LogP contribution in [-0.4, -0.2) is 5.54 Å². The molecule has 3 atom stereocenters. The van der Waals surface area contributed by atoms with Crippen molar-refractivity contribution in [2.24, 2.45) is 23.0 Å². The van der Waals surface area contributed by atoms with Gasteiger partial charge in [0.1, 0.15) is 0 Å². The fourth-order valence-corrected chi connectivity index (χ4v) is 4.83. The van der Waals surface area contributed by atoms with E-state index in [1.807, 2.05) is 0 Å². The van der Waals surface area contributed by atoms with Crippen molar-refractivity contribution in [2.75, 3.05) is 0 Å². The molecule has 3 aliphatic rings. The molecule has 0 radical (unpaired) electrons. The zero-order valence-electron chi connectivity index (χ0n) is 8.68. The number of hydrogen-bond donors (Lipinski definition) is 1. The monoisotopic (exact) mass is 179 g/mol. The minimum Gasteiger partial charge on any atom is -0.325 e. The molecule has 1 heteroatoms. The molecular weight excluding hydrogens is 158 g/mol. The summed E-state index contributed by atoms with van der Waals surface area (Å²) in [4.78, 5) is 0. The molecule has 13 heavy (non-hydrogen) atoms. The summed E-state index contributed by atoms with van der Waals surface area (Å²) in [5.41, 5.74) is 7.37. The zero-order chi connectivity index (χ0) is 9.10. The normalized spacial score (nSPS) is 52.2. The summed E-state index contributed by atoms with van der Waals surface area (Å²) in [6.45, 7) is 2.35. The molecule has 74 valence electrons. The van der Waals surface area contributed by atoms with Crippen molar-refractivity contribution < 1.29 is 0 Å². The van der Waals surface area contributed by atoms with E-state index in [4.69, 9.17) is 5.73 Å². The fraction of sp³-hybridized carbons (Fsp3) is 1.00. The average Bonchev–Trinajstić information content (AvgIpc) is 2.75. The van der Waals surface area contributed by atoms with E-state index in [-0.39, 0.29) is 5.54 Å². The molecule has 3 rings (SSSR count). The second-order valence-electron chi connectivity index (χ2n) is 5.85. The first-order valence-corrected chi connectivity index (χ1v) is 5.96. The predicted octanol–water partition coefficient (Wildman–Crippen LogP) is 2.69. The molecule has 0 aromatic carbocycles. The summed E-state index contributed by atoms with van der Waals surface area (Å²) in [7, 11) is 0. The average molecular weight is 179 g/mol. The molecule has 0 aliphatic heterocycles. The third-order valence-corrected chi connectivity index (χ3v) is 5.63. The summed E-state index contributed by atoms with van der Waals surface area (Å²) in [5.74, 6) is 1.85. The Kier molecular flexibility index (Phi) is 1.47. The maximum Gasteiger partial charge on any atom is 0.0214 e. The van der Waals surface area contributed by atoms with Gasteiger partial charge in [-0.3, -0.25) is 0 Å². The first-order valence-electron chi connectivity index (χ1n) is 5.96. The predicted molar refractivity (Wildman–Crippen MR) is 54.3 cm³/mol. The second kappa shape index (κ2) is 2.31. The molecule has 0 aromatic rings. The number of rotatable bonds is 0. The molecule has 2 bridgehead atoms. The highest BCUT2D eigenvalue weighted by atomic mass is 14.9. The Morgan fingerprint density at radius 2 is 1.69 bits per heavy atom.